The molecule has 1 N–H and O–H groups in total. The summed E-state index contributed by atoms with van der Waals surface area (Å²) in [5, 5.41) is 8.69. The van der Waals surface area contributed by atoms with Gasteiger partial charge in [-0.2, -0.15) is 0 Å². The van der Waals surface area contributed by atoms with Crippen molar-refractivity contribution in [3.05, 3.63) is 23.8 Å². The molecule has 0 aromatic carbocycles. The smallest absolute Gasteiger partial charge is 0.305 e. The summed E-state index contributed by atoms with van der Waals surface area (Å²) in [5.41, 5.74) is 1.02. The second-order valence-electron chi connectivity index (χ2n) is 4.42. The number of carbonyl (C=O) groups excluding carboxylic acids is 1. The topological polar surface area (TPSA) is 83.4 Å². The molecule has 0 unspecified atom stereocenters. The van der Waals surface area contributed by atoms with E-state index in [0.717, 1.165) is 18.5 Å². The second kappa shape index (κ2) is 5.12. The van der Waals surface area contributed by atoms with Gasteiger partial charge in [0, 0.05) is 18.8 Å². The molecule has 1 saturated carbocycles. The lowest BCUT2D eigenvalue weighted by Gasteiger charge is -2.20. The molecule has 1 aromatic rings. The molecule has 1 heterocycles. The van der Waals surface area contributed by atoms with Crippen LogP contribution in [0.25, 0.3) is 0 Å². The molecule has 0 saturated heterocycles. The van der Waals surface area contributed by atoms with E-state index in [4.69, 9.17) is 5.11 Å². The van der Waals surface area contributed by atoms with Crippen molar-refractivity contribution in [1.29, 1.82) is 0 Å². The maximum atomic E-state index is 12.2. The van der Waals surface area contributed by atoms with Crippen LogP contribution in [0.5, 0.6) is 0 Å². The third kappa shape index (κ3) is 3.03. The number of carboxylic acid groups (broad SMARTS) is 1. The summed E-state index contributed by atoms with van der Waals surface area (Å²) in [4.78, 5) is 32.4. The first kappa shape index (κ1) is 12.5. The molecule has 6 heteroatoms. The van der Waals surface area contributed by atoms with E-state index in [9.17, 15) is 9.59 Å². The van der Waals surface area contributed by atoms with Gasteiger partial charge in [0.05, 0.1) is 18.3 Å². The summed E-state index contributed by atoms with van der Waals surface area (Å²) in [6, 6.07) is 0.167. The fraction of sp³-hybridized carbons (Fsp3) is 0.500. The van der Waals surface area contributed by atoms with E-state index in [1.54, 1.807) is 11.8 Å². The first-order valence-corrected chi connectivity index (χ1v) is 5.89. The Balaban J connectivity index is 2.07. The van der Waals surface area contributed by atoms with Crippen LogP contribution in [0.1, 0.15) is 35.4 Å². The molecule has 18 heavy (non-hydrogen) atoms. The van der Waals surface area contributed by atoms with Gasteiger partial charge in [0.25, 0.3) is 5.91 Å². The lowest BCUT2D eigenvalue weighted by atomic mass is 10.3. The molecule has 96 valence electrons. The largest absolute Gasteiger partial charge is 0.481 e. The number of hydrogen-bond acceptors (Lipinski definition) is 4. The van der Waals surface area contributed by atoms with Crippen LogP contribution in [0.3, 0.4) is 0 Å². The zero-order chi connectivity index (χ0) is 13.1. The Labute approximate surface area is 105 Å². The zero-order valence-electron chi connectivity index (χ0n) is 10.2. The minimum atomic E-state index is -0.900. The minimum absolute atomic E-state index is 0.0401. The van der Waals surface area contributed by atoms with Crippen LogP contribution in [0, 0.1) is 6.92 Å². The van der Waals surface area contributed by atoms with Crippen LogP contribution in [-0.2, 0) is 4.79 Å². The van der Waals surface area contributed by atoms with Gasteiger partial charge in [-0.1, -0.05) is 0 Å². The molecule has 1 aliphatic rings. The molecule has 1 fully saturated rings. The Morgan fingerprint density at radius 1 is 1.39 bits per heavy atom. The maximum absolute atomic E-state index is 12.2. The SMILES string of the molecule is Cc1cnc(C(=O)N(CCC(=O)O)C2CC2)cn1. The Bertz CT molecular complexity index is 454. The molecule has 0 spiro atoms. The van der Waals surface area contributed by atoms with E-state index >= 15 is 0 Å². The van der Waals surface area contributed by atoms with Gasteiger partial charge < -0.3 is 10.0 Å². The van der Waals surface area contributed by atoms with E-state index in [1.165, 1.54) is 12.4 Å². The van der Waals surface area contributed by atoms with Gasteiger partial charge >= 0.3 is 5.97 Å². The van der Waals surface area contributed by atoms with E-state index in [1.807, 2.05) is 0 Å². The number of nitrogens with zero attached hydrogens (tertiary/aromatic N) is 3. The van der Waals surface area contributed by atoms with E-state index in [2.05, 4.69) is 9.97 Å². The number of amides is 1. The number of carbonyl (C=O) groups is 2. The monoisotopic (exact) mass is 249 g/mol. The summed E-state index contributed by atoms with van der Waals surface area (Å²) in [7, 11) is 0. The molecule has 6 nitrogen and oxygen atoms in total. The van der Waals surface area contributed by atoms with E-state index < -0.39 is 5.97 Å². The van der Waals surface area contributed by atoms with Crippen molar-refractivity contribution >= 4 is 11.9 Å². The highest BCUT2D eigenvalue weighted by Crippen LogP contribution is 2.28. The second-order valence-corrected chi connectivity index (χ2v) is 4.42. The van der Waals surface area contributed by atoms with Crippen LogP contribution >= 0.6 is 0 Å². The van der Waals surface area contributed by atoms with Crippen LogP contribution in [0.15, 0.2) is 12.4 Å². The van der Waals surface area contributed by atoms with E-state index in [0.29, 0.717) is 0 Å². The standard InChI is InChI=1S/C12H15N3O3/c1-8-6-14-10(7-13-8)12(18)15(9-2-3-9)5-4-11(16)17/h6-7,9H,2-5H2,1H3,(H,16,17). The molecule has 2 rings (SSSR count). The molecule has 1 aliphatic carbocycles. The van der Waals surface area contributed by atoms with Gasteiger partial charge in [-0.25, -0.2) is 4.98 Å². The number of hydrogen-bond donors (Lipinski definition) is 1. The number of aryl methyl sites for hydroxylation is 1. The minimum Gasteiger partial charge on any atom is -0.481 e. The Morgan fingerprint density at radius 3 is 2.61 bits per heavy atom. The number of rotatable bonds is 5. The predicted molar refractivity (Wildman–Crippen MR) is 63.1 cm³/mol. The molecule has 1 aromatic heterocycles. The van der Waals surface area contributed by atoms with Crippen molar-refractivity contribution < 1.29 is 14.7 Å². The highest BCUT2D eigenvalue weighted by Gasteiger charge is 2.33. The summed E-state index contributed by atoms with van der Waals surface area (Å²) in [5.74, 6) is -1.13. The van der Waals surface area contributed by atoms with Crippen LogP contribution in [-0.4, -0.2) is 44.4 Å². The van der Waals surface area contributed by atoms with Gasteiger partial charge in [-0.15, -0.1) is 0 Å². The van der Waals surface area contributed by atoms with Crippen molar-refractivity contribution in [2.45, 2.75) is 32.2 Å². The molecule has 0 aliphatic heterocycles. The van der Waals surface area contributed by atoms with Gasteiger partial charge in [0.15, 0.2) is 0 Å². The van der Waals surface area contributed by atoms with Gasteiger partial charge in [0.2, 0.25) is 0 Å². The number of carboxylic acids is 1. The third-order valence-corrected chi connectivity index (χ3v) is 2.82. The quantitative estimate of drug-likeness (QED) is 0.836. The average molecular weight is 249 g/mol. The Hall–Kier alpha value is -1.98. The summed E-state index contributed by atoms with van der Waals surface area (Å²) < 4.78 is 0. The molecular formula is C12H15N3O3. The van der Waals surface area contributed by atoms with Crippen LogP contribution in [0.2, 0.25) is 0 Å². The number of aliphatic carboxylic acids is 1. The lowest BCUT2D eigenvalue weighted by molar-refractivity contribution is -0.137. The molecule has 0 radical (unpaired) electrons. The predicted octanol–water partition coefficient (Wildman–Crippen LogP) is 0.864. The van der Waals surface area contributed by atoms with Crippen molar-refractivity contribution in [1.82, 2.24) is 14.9 Å². The van der Waals surface area contributed by atoms with E-state index in [-0.39, 0.29) is 30.6 Å². The fourth-order valence-corrected chi connectivity index (χ4v) is 1.70. The van der Waals surface area contributed by atoms with Crippen LogP contribution < -0.4 is 0 Å². The van der Waals surface area contributed by atoms with Gasteiger partial charge in [0.1, 0.15) is 5.69 Å². The maximum Gasteiger partial charge on any atom is 0.305 e. The Kier molecular flexibility index (Phi) is 3.55. The lowest BCUT2D eigenvalue weighted by Crippen LogP contribution is -2.35. The van der Waals surface area contributed by atoms with Crippen molar-refractivity contribution in [2.24, 2.45) is 0 Å². The highest BCUT2D eigenvalue weighted by atomic mass is 16.4. The molecule has 0 bridgehead atoms. The molecular weight excluding hydrogens is 234 g/mol. The van der Waals surface area contributed by atoms with Gasteiger partial charge in [-0.05, 0) is 19.8 Å². The summed E-state index contributed by atoms with van der Waals surface area (Å²) in [6.07, 6.45) is 4.81. The van der Waals surface area contributed by atoms with Crippen molar-refractivity contribution in [3.8, 4) is 0 Å². The first-order valence-electron chi connectivity index (χ1n) is 5.89. The third-order valence-electron chi connectivity index (χ3n) is 2.82. The zero-order valence-corrected chi connectivity index (χ0v) is 10.2. The normalized spacial score (nSPS) is 14.3. The summed E-state index contributed by atoms with van der Waals surface area (Å²) >= 11 is 0. The van der Waals surface area contributed by atoms with Crippen molar-refractivity contribution in [3.63, 3.8) is 0 Å². The highest BCUT2D eigenvalue weighted by molar-refractivity contribution is 5.92. The fourth-order valence-electron chi connectivity index (χ4n) is 1.70. The van der Waals surface area contributed by atoms with Crippen molar-refractivity contribution in [2.75, 3.05) is 6.54 Å². The molecule has 0 atom stereocenters. The average Bonchev–Trinajstić information content (AvgIpc) is 3.14. The van der Waals surface area contributed by atoms with Gasteiger partial charge in [-0.3, -0.25) is 14.6 Å². The molecule has 1 amide bonds. The number of aromatic nitrogens is 2. The van der Waals surface area contributed by atoms with Crippen LogP contribution in [0.4, 0.5) is 0 Å². The Morgan fingerprint density at radius 2 is 2.11 bits per heavy atom. The first-order chi connectivity index (χ1) is 8.58. The summed E-state index contributed by atoms with van der Waals surface area (Å²) in [6.45, 7) is 2.03.